The SMILES string of the molecule is CCOCCOCC(COCCOCC)COS(=O)(=O)c1ccc(C)cc1. The molecule has 27 heavy (non-hydrogen) atoms. The number of rotatable bonds is 16. The summed E-state index contributed by atoms with van der Waals surface area (Å²) < 4.78 is 51.4. The highest BCUT2D eigenvalue weighted by Gasteiger charge is 2.19. The van der Waals surface area contributed by atoms with Gasteiger partial charge < -0.3 is 18.9 Å². The maximum absolute atomic E-state index is 12.3. The molecule has 1 aromatic carbocycles. The Balaban J connectivity index is 2.50. The first-order chi connectivity index (χ1) is 13.0. The third-order valence-corrected chi connectivity index (χ3v) is 4.92. The van der Waals surface area contributed by atoms with Crippen LogP contribution in [-0.4, -0.2) is 67.9 Å². The van der Waals surface area contributed by atoms with Crippen LogP contribution in [0.5, 0.6) is 0 Å². The van der Waals surface area contributed by atoms with E-state index in [1.165, 1.54) is 12.1 Å². The van der Waals surface area contributed by atoms with Gasteiger partial charge in [0.05, 0.1) is 51.1 Å². The largest absolute Gasteiger partial charge is 0.379 e. The molecule has 8 heteroatoms. The number of hydrogen-bond donors (Lipinski definition) is 0. The minimum atomic E-state index is -3.81. The zero-order valence-corrected chi connectivity index (χ0v) is 17.3. The van der Waals surface area contributed by atoms with Gasteiger partial charge in [-0.1, -0.05) is 17.7 Å². The Morgan fingerprint density at radius 1 is 0.778 bits per heavy atom. The van der Waals surface area contributed by atoms with E-state index in [1.807, 2.05) is 20.8 Å². The quantitative estimate of drug-likeness (QED) is 0.309. The van der Waals surface area contributed by atoms with Gasteiger partial charge in [0.1, 0.15) is 0 Å². The van der Waals surface area contributed by atoms with Crippen molar-refractivity contribution < 1.29 is 31.5 Å². The van der Waals surface area contributed by atoms with Crippen molar-refractivity contribution in [2.24, 2.45) is 5.92 Å². The van der Waals surface area contributed by atoms with E-state index in [0.29, 0.717) is 52.9 Å². The summed E-state index contributed by atoms with van der Waals surface area (Å²) in [6, 6.07) is 6.55. The van der Waals surface area contributed by atoms with Gasteiger partial charge in [-0.15, -0.1) is 0 Å². The van der Waals surface area contributed by atoms with Crippen LogP contribution < -0.4 is 0 Å². The first-order valence-corrected chi connectivity index (χ1v) is 10.7. The van der Waals surface area contributed by atoms with Gasteiger partial charge in [0.2, 0.25) is 0 Å². The van der Waals surface area contributed by atoms with Crippen LogP contribution in [-0.2, 0) is 33.2 Å². The summed E-state index contributed by atoms with van der Waals surface area (Å²) >= 11 is 0. The highest BCUT2D eigenvalue weighted by atomic mass is 32.2. The number of ether oxygens (including phenoxy) is 4. The van der Waals surface area contributed by atoms with Crippen molar-refractivity contribution in [3.63, 3.8) is 0 Å². The maximum Gasteiger partial charge on any atom is 0.296 e. The Kier molecular flexibility index (Phi) is 12.5. The minimum absolute atomic E-state index is 0.0144. The van der Waals surface area contributed by atoms with E-state index in [1.54, 1.807) is 12.1 Å². The highest BCUT2D eigenvalue weighted by Crippen LogP contribution is 2.15. The molecule has 7 nitrogen and oxygen atoms in total. The molecule has 0 fully saturated rings. The maximum atomic E-state index is 12.3. The van der Waals surface area contributed by atoms with Crippen LogP contribution >= 0.6 is 0 Å². The average molecular weight is 405 g/mol. The summed E-state index contributed by atoms with van der Waals surface area (Å²) in [5, 5.41) is 0. The molecular formula is C19H32O7S. The fraction of sp³-hybridized carbons (Fsp3) is 0.684. The van der Waals surface area contributed by atoms with Crippen molar-refractivity contribution in [1.82, 2.24) is 0 Å². The molecule has 0 atom stereocenters. The summed E-state index contributed by atoms with van der Waals surface area (Å²) in [6.07, 6.45) is 0. The van der Waals surface area contributed by atoms with E-state index in [-0.39, 0.29) is 17.4 Å². The van der Waals surface area contributed by atoms with Crippen molar-refractivity contribution in [3.05, 3.63) is 29.8 Å². The molecule has 0 spiro atoms. The molecule has 0 saturated heterocycles. The van der Waals surface area contributed by atoms with Crippen molar-refractivity contribution in [2.75, 3.05) is 59.5 Å². The summed E-state index contributed by atoms with van der Waals surface area (Å²) in [5.74, 6) is -0.214. The van der Waals surface area contributed by atoms with Gasteiger partial charge in [-0.2, -0.15) is 8.42 Å². The molecule has 0 aliphatic carbocycles. The lowest BCUT2D eigenvalue weighted by Crippen LogP contribution is -2.25. The lowest BCUT2D eigenvalue weighted by Gasteiger charge is -2.17. The molecule has 1 rings (SSSR count). The molecule has 0 saturated carbocycles. The van der Waals surface area contributed by atoms with E-state index < -0.39 is 10.1 Å². The Morgan fingerprint density at radius 3 is 1.74 bits per heavy atom. The Morgan fingerprint density at radius 2 is 1.26 bits per heavy atom. The molecular weight excluding hydrogens is 372 g/mol. The number of aryl methyl sites for hydroxylation is 1. The Hall–Kier alpha value is -1.03. The van der Waals surface area contributed by atoms with E-state index in [0.717, 1.165) is 5.56 Å². The molecule has 0 amide bonds. The molecule has 0 heterocycles. The van der Waals surface area contributed by atoms with Gasteiger partial charge in [-0.3, -0.25) is 4.18 Å². The van der Waals surface area contributed by atoms with Crippen LogP contribution in [0.4, 0.5) is 0 Å². The summed E-state index contributed by atoms with van der Waals surface area (Å²) in [4.78, 5) is 0.140. The van der Waals surface area contributed by atoms with Crippen LogP contribution in [0.1, 0.15) is 19.4 Å². The predicted molar refractivity (Wildman–Crippen MR) is 102 cm³/mol. The van der Waals surface area contributed by atoms with Crippen molar-refractivity contribution in [3.8, 4) is 0 Å². The second kappa shape index (κ2) is 14.0. The Bertz CT molecular complexity index is 573. The second-order valence-electron chi connectivity index (χ2n) is 5.96. The van der Waals surface area contributed by atoms with Gasteiger partial charge in [0.15, 0.2) is 0 Å². The van der Waals surface area contributed by atoms with Gasteiger partial charge in [-0.25, -0.2) is 0 Å². The van der Waals surface area contributed by atoms with Crippen LogP contribution in [0, 0.1) is 12.8 Å². The van der Waals surface area contributed by atoms with Gasteiger partial charge in [0.25, 0.3) is 10.1 Å². The summed E-state index contributed by atoms with van der Waals surface area (Å²) in [5.41, 5.74) is 0.984. The first kappa shape index (κ1) is 24.0. The molecule has 0 N–H and O–H groups in total. The molecule has 0 radical (unpaired) electrons. The zero-order valence-electron chi connectivity index (χ0n) is 16.5. The van der Waals surface area contributed by atoms with Crippen molar-refractivity contribution in [2.45, 2.75) is 25.7 Å². The Labute approximate surface area is 163 Å². The van der Waals surface area contributed by atoms with E-state index in [2.05, 4.69) is 0 Å². The zero-order chi connectivity index (χ0) is 20.0. The van der Waals surface area contributed by atoms with Gasteiger partial charge in [-0.05, 0) is 32.9 Å². The standard InChI is InChI=1S/C19H32O7S/c1-4-22-10-12-24-14-18(15-25-13-11-23-5-2)16-26-27(20,21)19-8-6-17(3)7-9-19/h6-9,18H,4-5,10-16H2,1-3H3. The first-order valence-electron chi connectivity index (χ1n) is 9.26. The monoisotopic (exact) mass is 404 g/mol. The molecule has 0 unspecified atom stereocenters. The minimum Gasteiger partial charge on any atom is -0.379 e. The summed E-state index contributed by atoms with van der Waals surface area (Å²) in [7, 11) is -3.81. The lowest BCUT2D eigenvalue weighted by molar-refractivity contribution is -0.0114. The fourth-order valence-corrected chi connectivity index (χ4v) is 3.10. The second-order valence-corrected chi connectivity index (χ2v) is 7.58. The molecule has 0 bridgehead atoms. The molecule has 156 valence electrons. The summed E-state index contributed by atoms with van der Waals surface area (Å²) in [6.45, 7) is 9.49. The smallest absolute Gasteiger partial charge is 0.296 e. The van der Waals surface area contributed by atoms with Crippen LogP contribution in [0.15, 0.2) is 29.2 Å². The van der Waals surface area contributed by atoms with E-state index in [4.69, 9.17) is 23.1 Å². The average Bonchev–Trinajstić information content (AvgIpc) is 2.65. The van der Waals surface area contributed by atoms with E-state index in [9.17, 15) is 8.42 Å². The molecule has 1 aromatic rings. The van der Waals surface area contributed by atoms with E-state index >= 15 is 0 Å². The van der Waals surface area contributed by atoms with Gasteiger partial charge >= 0.3 is 0 Å². The lowest BCUT2D eigenvalue weighted by atomic mass is 10.2. The fourth-order valence-electron chi connectivity index (χ4n) is 2.13. The number of hydrogen-bond acceptors (Lipinski definition) is 7. The topological polar surface area (TPSA) is 80.3 Å². The number of benzene rings is 1. The predicted octanol–water partition coefficient (Wildman–Crippen LogP) is 2.42. The van der Waals surface area contributed by atoms with Gasteiger partial charge in [0, 0.05) is 19.1 Å². The van der Waals surface area contributed by atoms with Crippen LogP contribution in [0.2, 0.25) is 0 Å². The normalized spacial score (nSPS) is 12.0. The third-order valence-electron chi connectivity index (χ3n) is 3.63. The highest BCUT2D eigenvalue weighted by molar-refractivity contribution is 7.86. The molecule has 0 aliphatic rings. The van der Waals surface area contributed by atoms with Crippen LogP contribution in [0.3, 0.4) is 0 Å². The van der Waals surface area contributed by atoms with Crippen molar-refractivity contribution >= 4 is 10.1 Å². The molecule has 0 aliphatic heterocycles. The third kappa shape index (κ3) is 10.8. The molecule has 0 aromatic heterocycles. The van der Waals surface area contributed by atoms with Crippen LogP contribution in [0.25, 0.3) is 0 Å². The van der Waals surface area contributed by atoms with Crippen molar-refractivity contribution in [1.29, 1.82) is 0 Å².